The summed E-state index contributed by atoms with van der Waals surface area (Å²) in [5.74, 6) is 1.62. The number of ether oxygens (including phenoxy) is 1. The van der Waals surface area contributed by atoms with E-state index >= 15 is 0 Å². The number of hydrogen-bond acceptors (Lipinski definition) is 2. The fourth-order valence-corrected chi connectivity index (χ4v) is 2.89. The molecule has 0 saturated carbocycles. The van der Waals surface area contributed by atoms with Gasteiger partial charge in [-0.05, 0) is 50.5 Å². The van der Waals surface area contributed by atoms with Crippen molar-refractivity contribution in [3.63, 3.8) is 0 Å². The average molecular weight is 223 g/mol. The maximum Gasteiger partial charge on any atom is 0.0613 e. The van der Waals surface area contributed by atoms with Crippen LogP contribution in [0.2, 0.25) is 0 Å². The Morgan fingerprint density at radius 2 is 2.19 bits per heavy atom. The molecule has 92 valence electrons. The lowest BCUT2D eigenvalue weighted by Gasteiger charge is -2.21. The lowest BCUT2D eigenvalue weighted by Crippen LogP contribution is -2.32. The summed E-state index contributed by atoms with van der Waals surface area (Å²) < 4.78 is 5.71. The Balaban J connectivity index is 1.62. The average Bonchev–Trinajstić information content (AvgIpc) is 2.78. The van der Waals surface area contributed by atoms with Crippen molar-refractivity contribution in [3.8, 4) is 0 Å². The monoisotopic (exact) mass is 223 g/mol. The smallest absolute Gasteiger partial charge is 0.0613 e. The van der Waals surface area contributed by atoms with Gasteiger partial charge < -0.3 is 10.1 Å². The molecular weight excluding hydrogens is 198 g/mol. The summed E-state index contributed by atoms with van der Waals surface area (Å²) in [6, 6.07) is 0. The van der Waals surface area contributed by atoms with Gasteiger partial charge >= 0.3 is 0 Å². The van der Waals surface area contributed by atoms with Crippen LogP contribution in [0.1, 0.15) is 39.0 Å². The SMILES string of the molecule is CCC1OCCC1CNCC1CC=CCC1. The van der Waals surface area contributed by atoms with Crippen molar-refractivity contribution in [1.29, 1.82) is 0 Å². The zero-order valence-corrected chi connectivity index (χ0v) is 10.5. The van der Waals surface area contributed by atoms with Crippen LogP contribution in [0.25, 0.3) is 0 Å². The van der Waals surface area contributed by atoms with Gasteiger partial charge in [0.15, 0.2) is 0 Å². The molecule has 1 aliphatic heterocycles. The summed E-state index contributed by atoms with van der Waals surface area (Å²) in [4.78, 5) is 0. The lowest BCUT2D eigenvalue weighted by molar-refractivity contribution is 0.0870. The second kappa shape index (κ2) is 6.41. The molecule has 2 aliphatic rings. The Morgan fingerprint density at radius 3 is 2.94 bits per heavy atom. The Labute approximate surface area is 99.4 Å². The number of hydrogen-bond donors (Lipinski definition) is 1. The van der Waals surface area contributed by atoms with E-state index in [1.807, 2.05) is 0 Å². The third-order valence-electron chi connectivity index (χ3n) is 3.97. The van der Waals surface area contributed by atoms with Gasteiger partial charge in [0.05, 0.1) is 6.10 Å². The highest BCUT2D eigenvalue weighted by Gasteiger charge is 2.26. The van der Waals surface area contributed by atoms with Crippen molar-refractivity contribution in [1.82, 2.24) is 5.32 Å². The molecule has 16 heavy (non-hydrogen) atoms. The minimum atomic E-state index is 0.513. The van der Waals surface area contributed by atoms with Crippen LogP contribution in [-0.4, -0.2) is 25.8 Å². The molecule has 1 fully saturated rings. The molecule has 0 aromatic rings. The predicted octanol–water partition coefficient (Wildman–Crippen LogP) is 2.75. The highest BCUT2D eigenvalue weighted by molar-refractivity contribution is 4.90. The van der Waals surface area contributed by atoms with Crippen molar-refractivity contribution < 1.29 is 4.74 Å². The van der Waals surface area contributed by atoms with Crippen molar-refractivity contribution in [3.05, 3.63) is 12.2 Å². The second-order valence-corrected chi connectivity index (χ2v) is 5.17. The molecule has 0 amide bonds. The zero-order chi connectivity index (χ0) is 11.2. The van der Waals surface area contributed by atoms with Gasteiger partial charge in [0.25, 0.3) is 0 Å². The van der Waals surface area contributed by atoms with Crippen LogP contribution in [0, 0.1) is 11.8 Å². The largest absolute Gasteiger partial charge is 0.378 e. The first kappa shape index (κ1) is 12.1. The molecule has 0 spiro atoms. The van der Waals surface area contributed by atoms with Crippen LogP contribution < -0.4 is 5.32 Å². The normalized spacial score (nSPS) is 34.4. The highest BCUT2D eigenvalue weighted by Crippen LogP contribution is 2.23. The molecule has 0 aromatic carbocycles. The molecule has 0 bridgehead atoms. The fraction of sp³-hybridized carbons (Fsp3) is 0.857. The van der Waals surface area contributed by atoms with E-state index in [2.05, 4.69) is 24.4 Å². The van der Waals surface area contributed by atoms with E-state index in [1.165, 1.54) is 38.6 Å². The molecule has 2 rings (SSSR count). The van der Waals surface area contributed by atoms with Crippen LogP contribution in [0.5, 0.6) is 0 Å². The first-order valence-electron chi connectivity index (χ1n) is 6.87. The summed E-state index contributed by atoms with van der Waals surface area (Å²) >= 11 is 0. The van der Waals surface area contributed by atoms with Gasteiger partial charge in [-0.2, -0.15) is 0 Å². The molecule has 1 saturated heterocycles. The molecule has 2 nitrogen and oxygen atoms in total. The Morgan fingerprint density at radius 1 is 1.25 bits per heavy atom. The topological polar surface area (TPSA) is 21.3 Å². The molecular formula is C14H25NO. The third-order valence-corrected chi connectivity index (χ3v) is 3.97. The van der Waals surface area contributed by atoms with E-state index < -0.39 is 0 Å². The van der Waals surface area contributed by atoms with E-state index in [0.29, 0.717) is 6.10 Å². The summed E-state index contributed by atoms with van der Waals surface area (Å²) in [5, 5.41) is 3.65. The van der Waals surface area contributed by atoms with Crippen LogP contribution in [-0.2, 0) is 4.74 Å². The first-order valence-corrected chi connectivity index (χ1v) is 6.87. The van der Waals surface area contributed by atoms with E-state index in [9.17, 15) is 0 Å². The fourth-order valence-electron chi connectivity index (χ4n) is 2.89. The van der Waals surface area contributed by atoms with Crippen LogP contribution in [0.3, 0.4) is 0 Å². The van der Waals surface area contributed by atoms with E-state index in [4.69, 9.17) is 4.74 Å². The van der Waals surface area contributed by atoms with E-state index in [1.54, 1.807) is 0 Å². The summed E-state index contributed by atoms with van der Waals surface area (Å²) in [5.41, 5.74) is 0. The van der Waals surface area contributed by atoms with Gasteiger partial charge in [-0.3, -0.25) is 0 Å². The number of nitrogens with one attached hydrogen (secondary N) is 1. The Hall–Kier alpha value is -0.340. The standard InChI is InChI=1S/C14H25NO/c1-2-14-13(8-9-16-14)11-15-10-12-6-4-3-5-7-12/h3-4,12-15H,2,5-11H2,1H3. The van der Waals surface area contributed by atoms with Crippen molar-refractivity contribution in [2.45, 2.75) is 45.1 Å². The summed E-state index contributed by atoms with van der Waals surface area (Å²) in [6.07, 6.45) is 11.5. The number of allylic oxidation sites excluding steroid dienone is 2. The third kappa shape index (κ3) is 3.33. The maximum absolute atomic E-state index is 5.71. The maximum atomic E-state index is 5.71. The van der Waals surface area contributed by atoms with Gasteiger partial charge in [0, 0.05) is 13.2 Å². The van der Waals surface area contributed by atoms with Gasteiger partial charge in [0.2, 0.25) is 0 Å². The van der Waals surface area contributed by atoms with Gasteiger partial charge in [-0.1, -0.05) is 19.1 Å². The highest BCUT2D eigenvalue weighted by atomic mass is 16.5. The first-order chi connectivity index (χ1) is 7.90. The van der Waals surface area contributed by atoms with Crippen molar-refractivity contribution in [2.75, 3.05) is 19.7 Å². The van der Waals surface area contributed by atoms with Gasteiger partial charge in [0.1, 0.15) is 0 Å². The van der Waals surface area contributed by atoms with Gasteiger partial charge in [-0.25, -0.2) is 0 Å². The predicted molar refractivity (Wildman–Crippen MR) is 67.5 cm³/mol. The van der Waals surface area contributed by atoms with Crippen LogP contribution >= 0.6 is 0 Å². The minimum Gasteiger partial charge on any atom is -0.378 e. The lowest BCUT2D eigenvalue weighted by atomic mass is 9.94. The zero-order valence-electron chi connectivity index (χ0n) is 10.5. The van der Waals surface area contributed by atoms with Gasteiger partial charge in [-0.15, -0.1) is 0 Å². The molecule has 0 radical (unpaired) electrons. The quantitative estimate of drug-likeness (QED) is 0.724. The van der Waals surface area contributed by atoms with Crippen molar-refractivity contribution in [2.24, 2.45) is 11.8 Å². The second-order valence-electron chi connectivity index (χ2n) is 5.17. The number of rotatable bonds is 5. The molecule has 3 atom stereocenters. The molecule has 2 heteroatoms. The van der Waals surface area contributed by atoms with Crippen LogP contribution in [0.15, 0.2) is 12.2 Å². The molecule has 3 unspecified atom stereocenters. The molecule has 1 heterocycles. The Kier molecular flexibility index (Phi) is 4.86. The molecule has 0 aromatic heterocycles. The molecule has 1 N–H and O–H groups in total. The Bertz CT molecular complexity index is 227. The minimum absolute atomic E-state index is 0.513. The van der Waals surface area contributed by atoms with Crippen molar-refractivity contribution >= 4 is 0 Å². The van der Waals surface area contributed by atoms with E-state index in [-0.39, 0.29) is 0 Å². The van der Waals surface area contributed by atoms with Crippen LogP contribution in [0.4, 0.5) is 0 Å². The summed E-state index contributed by atoms with van der Waals surface area (Å²) in [6.45, 7) is 5.54. The molecule has 1 aliphatic carbocycles. The summed E-state index contributed by atoms with van der Waals surface area (Å²) in [7, 11) is 0. The van der Waals surface area contributed by atoms with E-state index in [0.717, 1.165) is 25.0 Å².